The van der Waals surface area contributed by atoms with Crippen molar-refractivity contribution in [1.29, 1.82) is 0 Å². The molecule has 4 nitrogen and oxygen atoms in total. The lowest BCUT2D eigenvalue weighted by molar-refractivity contribution is 0.832. The summed E-state index contributed by atoms with van der Waals surface area (Å²) >= 11 is 1.70. The molecule has 2 aromatic rings. The van der Waals surface area contributed by atoms with Gasteiger partial charge in [0.2, 0.25) is 5.95 Å². The van der Waals surface area contributed by atoms with Gasteiger partial charge in [-0.2, -0.15) is 4.98 Å². The van der Waals surface area contributed by atoms with E-state index >= 15 is 0 Å². The van der Waals surface area contributed by atoms with Crippen LogP contribution in [0.2, 0.25) is 0 Å². The molecular weight excluding hydrogens is 232 g/mol. The van der Waals surface area contributed by atoms with E-state index in [4.69, 9.17) is 0 Å². The fraction of sp³-hybridized carbons (Fsp3) is 0.500. The lowest BCUT2D eigenvalue weighted by Gasteiger charge is -2.07. The van der Waals surface area contributed by atoms with Crippen LogP contribution in [0.4, 0.5) is 11.8 Å². The Hall–Kier alpha value is -1.36. The molecule has 0 amide bonds. The van der Waals surface area contributed by atoms with E-state index < -0.39 is 0 Å². The standard InChI is InChI=1S/C12H18N4S/c1-4-5-6-14-10-9-7-8(2)17-11(9)16-12(13-3)15-10/h7H,4-6H2,1-3H3,(H2,13,14,15,16). The van der Waals surface area contributed by atoms with Crippen molar-refractivity contribution in [2.75, 3.05) is 24.2 Å². The minimum atomic E-state index is 0.679. The number of nitrogens with zero attached hydrogens (tertiary/aromatic N) is 2. The zero-order valence-corrected chi connectivity index (χ0v) is 11.3. The number of hydrogen-bond acceptors (Lipinski definition) is 5. The van der Waals surface area contributed by atoms with Crippen LogP contribution in [-0.2, 0) is 0 Å². The van der Waals surface area contributed by atoms with Crippen molar-refractivity contribution in [2.45, 2.75) is 26.7 Å². The molecule has 0 unspecified atom stereocenters. The molecule has 0 aliphatic heterocycles. The average Bonchev–Trinajstić information content (AvgIpc) is 2.69. The highest BCUT2D eigenvalue weighted by Gasteiger charge is 2.09. The number of nitrogens with one attached hydrogen (secondary N) is 2. The Labute approximate surface area is 105 Å². The van der Waals surface area contributed by atoms with Crippen molar-refractivity contribution < 1.29 is 0 Å². The van der Waals surface area contributed by atoms with Crippen LogP contribution in [0.25, 0.3) is 10.2 Å². The first-order valence-corrected chi connectivity index (χ1v) is 6.76. The second kappa shape index (κ2) is 5.31. The zero-order valence-electron chi connectivity index (χ0n) is 10.5. The molecule has 2 aromatic heterocycles. The normalized spacial score (nSPS) is 10.8. The van der Waals surface area contributed by atoms with Gasteiger partial charge in [0, 0.05) is 18.5 Å². The Kier molecular flexibility index (Phi) is 3.78. The number of hydrogen-bond donors (Lipinski definition) is 2. The summed E-state index contributed by atoms with van der Waals surface area (Å²) in [5.41, 5.74) is 0. The number of thiophene rings is 1. The van der Waals surface area contributed by atoms with Gasteiger partial charge in [0.05, 0.1) is 5.39 Å². The maximum Gasteiger partial charge on any atom is 0.225 e. The minimum Gasteiger partial charge on any atom is -0.369 e. The van der Waals surface area contributed by atoms with Crippen LogP contribution in [0.5, 0.6) is 0 Å². The van der Waals surface area contributed by atoms with Crippen molar-refractivity contribution in [2.24, 2.45) is 0 Å². The van der Waals surface area contributed by atoms with E-state index in [1.807, 2.05) is 7.05 Å². The predicted octanol–water partition coefficient (Wildman–Crippen LogP) is 3.25. The highest BCUT2D eigenvalue weighted by atomic mass is 32.1. The highest BCUT2D eigenvalue weighted by molar-refractivity contribution is 7.18. The molecule has 0 saturated carbocycles. The SMILES string of the molecule is CCCCNc1nc(NC)nc2sc(C)cc12. The third kappa shape index (κ3) is 2.66. The fourth-order valence-corrected chi connectivity index (χ4v) is 2.55. The van der Waals surface area contributed by atoms with Crippen LogP contribution in [0.1, 0.15) is 24.6 Å². The largest absolute Gasteiger partial charge is 0.369 e. The average molecular weight is 250 g/mol. The van der Waals surface area contributed by atoms with Gasteiger partial charge < -0.3 is 10.6 Å². The first-order valence-electron chi connectivity index (χ1n) is 5.94. The molecule has 0 aromatic carbocycles. The van der Waals surface area contributed by atoms with Crippen LogP contribution < -0.4 is 10.6 Å². The number of aromatic nitrogens is 2. The van der Waals surface area contributed by atoms with E-state index in [-0.39, 0.29) is 0 Å². The molecule has 17 heavy (non-hydrogen) atoms. The summed E-state index contributed by atoms with van der Waals surface area (Å²) in [4.78, 5) is 11.2. The van der Waals surface area contributed by atoms with Gasteiger partial charge in [-0.05, 0) is 19.4 Å². The van der Waals surface area contributed by atoms with E-state index in [0.29, 0.717) is 5.95 Å². The second-order valence-electron chi connectivity index (χ2n) is 4.00. The van der Waals surface area contributed by atoms with Gasteiger partial charge in [-0.15, -0.1) is 11.3 Å². The molecule has 0 radical (unpaired) electrons. The Morgan fingerprint density at radius 2 is 2.18 bits per heavy atom. The van der Waals surface area contributed by atoms with Gasteiger partial charge in [-0.25, -0.2) is 4.98 Å². The van der Waals surface area contributed by atoms with Crippen LogP contribution in [0.15, 0.2) is 6.07 Å². The van der Waals surface area contributed by atoms with Crippen LogP contribution >= 0.6 is 11.3 Å². The first kappa shape index (κ1) is 12.1. The summed E-state index contributed by atoms with van der Waals surface area (Å²) < 4.78 is 0. The van der Waals surface area contributed by atoms with Crippen molar-refractivity contribution in [3.8, 4) is 0 Å². The first-order chi connectivity index (χ1) is 8.24. The quantitative estimate of drug-likeness (QED) is 0.800. The topological polar surface area (TPSA) is 49.8 Å². The number of unbranched alkanes of at least 4 members (excludes halogenated alkanes) is 1. The lowest BCUT2D eigenvalue weighted by atomic mass is 10.3. The molecule has 0 aliphatic rings. The number of fused-ring (bicyclic) bond motifs is 1. The molecule has 5 heteroatoms. The summed E-state index contributed by atoms with van der Waals surface area (Å²) in [5.74, 6) is 1.62. The molecule has 0 aliphatic carbocycles. The number of anilines is 2. The van der Waals surface area contributed by atoms with E-state index in [2.05, 4.69) is 40.5 Å². The molecule has 2 heterocycles. The van der Waals surface area contributed by atoms with E-state index in [0.717, 1.165) is 29.0 Å². The summed E-state index contributed by atoms with van der Waals surface area (Å²) in [5, 5.41) is 7.52. The lowest BCUT2D eigenvalue weighted by Crippen LogP contribution is -2.05. The molecule has 92 valence electrons. The zero-order chi connectivity index (χ0) is 12.3. The Bertz CT molecular complexity index is 506. The van der Waals surface area contributed by atoms with Gasteiger partial charge >= 0.3 is 0 Å². The molecule has 2 N–H and O–H groups in total. The van der Waals surface area contributed by atoms with Crippen molar-refractivity contribution in [1.82, 2.24) is 9.97 Å². The van der Waals surface area contributed by atoms with Crippen LogP contribution in [0, 0.1) is 6.92 Å². The molecule has 0 fully saturated rings. The van der Waals surface area contributed by atoms with E-state index in [9.17, 15) is 0 Å². The van der Waals surface area contributed by atoms with E-state index in [1.54, 1.807) is 11.3 Å². The Morgan fingerprint density at radius 1 is 1.35 bits per heavy atom. The molecule has 0 bridgehead atoms. The molecule has 0 saturated heterocycles. The van der Waals surface area contributed by atoms with Crippen molar-refractivity contribution in [3.05, 3.63) is 10.9 Å². The van der Waals surface area contributed by atoms with Gasteiger partial charge in [-0.1, -0.05) is 13.3 Å². The number of rotatable bonds is 5. The van der Waals surface area contributed by atoms with E-state index in [1.165, 1.54) is 11.3 Å². The van der Waals surface area contributed by atoms with Crippen molar-refractivity contribution >= 4 is 33.3 Å². The summed E-state index contributed by atoms with van der Waals surface area (Å²) in [7, 11) is 1.84. The maximum atomic E-state index is 4.48. The second-order valence-corrected chi connectivity index (χ2v) is 5.24. The Morgan fingerprint density at radius 3 is 2.88 bits per heavy atom. The smallest absolute Gasteiger partial charge is 0.225 e. The third-order valence-corrected chi connectivity index (χ3v) is 3.51. The Balaban J connectivity index is 2.36. The maximum absolute atomic E-state index is 4.48. The molecule has 2 rings (SSSR count). The molecule has 0 atom stereocenters. The minimum absolute atomic E-state index is 0.679. The highest BCUT2D eigenvalue weighted by Crippen LogP contribution is 2.29. The van der Waals surface area contributed by atoms with Crippen molar-refractivity contribution in [3.63, 3.8) is 0 Å². The predicted molar refractivity (Wildman–Crippen MR) is 75.1 cm³/mol. The third-order valence-electron chi connectivity index (χ3n) is 2.56. The summed E-state index contributed by atoms with van der Waals surface area (Å²) in [6, 6.07) is 2.15. The monoisotopic (exact) mass is 250 g/mol. The van der Waals surface area contributed by atoms with Gasteiger partial charge in [0.1, 0.15) is 10.6 Å². The fourth-order valence-electron chi connectivity index (χ4n) is 1.67. The van der Waals surface area contributed by atoms with Gasteiger partial charge in [-0.3, -0.25) is 0 Å². The molecule has 0 spiro atoms. The van der Waals surface area contributed by atoms with Gasteiger partial charge in [0.25, 0.3) is 0 Å². The van der Waals surface area contributed by atoms with Crippen LogP contribution in [-0.4, -0.2) is 23.6 Å². The number of aryl methyl sites for hydroxylation is 1. The summed E-state index contributed by atoms with van der Waals surface area (Å²) in [6.07, 6.45) is 2.34. The molecular formula is C12H18N4S. The van der Waals surface area contributed by atoms with Crippen LogP contribution in [0.3, 0.4) is 0 Å². The van der Waals surface area contributed by atoms with Gasteiger partial charge in [0.15, 0.2) is 0 Å². The summed E-state index contributed by atoms with van der Waals surface area (Å²) in [6.45, 7) is 5.24.